The lowest BCUT2D eigenvalue weighted by Gasteiger charge is -2.33. The minimum Gasteiger partial charge on any atom is -0.314 e. The van der Waals surface area contributed by atoms with Crippen LogP contribution in [0.15, 0.2) is 0 Å². The fraction of sp³-hybridized carbons (Fsp3) is 1.00. The van der Waals surface area contributed by atoms with Gasteiger partial charge < -0.3 is 10.2 Å². The van der Waals surface area contributed by atoms with Crippen LogP contribution in [0.3, 0.4) is 0 Å². The van der Waals surface area contributed by atoms with E-state index in [9.17, 15) is 0 Å². The summed E-state index contributed by atoms with van der Waals surface area (Å²) in [5, 5.41) is 3.58. The van der Waals surface area contributed by atoms with Crippen LogP contribution in [0.5, 0.6) is 0 Å². The number of hydrogen-bond donors (Lipinski definition) is 1. The summed E-state index contributed by atoms with van der Waals surface area (Å²) >= 11 is 0. The second-order valence-electron chi connectivity index (χ2n) is 5.04. The number of hydrogen-bond acceptors (Lipinski definition) is 2. The fourth-order valence-electron chi connectivity index (χ4n) is 2.49. The zero-order valence-corrected chi connectivity index (χ0v) is 10.8. The lowest BCUT2D eigenvalue weighted by Crippen LogP contribution is -2.41. The third kappa shape index (κ3) is 4.98. The van der Waals surface area contributed by atoms with Crippen molar-refractivity contribution in [3.05, 3.63) is 0 Å². The average molecular weight is 212 g/mol. The molecule has 2 atom stereocenters. The Labute approximate surface area is 95.4 Å². The summed E-state index contributed by atoms with van der Waals surface area (Å²) < 4.78 is 0. The minimum absolute atomic E-state index is 0.668. The van der Waals surface area contributed by atoms with Gasteiger partial charge in [-0.2, -0.15) is 0 Å². The van der Waals surface area contributed by atoms with Gasteiger partial charge in [-0.15, -0.1) is 0 Å². The van der Waals surface area contributed by atoms with Gasteiger partial charge in [0.15, 0.2) is 0 Å². The van der Waals surface area contributed by atoms with E-state index in [1.165, 1.54) is 45.2 Å². The SMILES string of the molecule is CCCNC(C)CC(C)N1CCCCC1. The van der Waals surface area contributed by atoms with E-state index in [-0.39, 0.29) is 0 Å². The van der Waals surface area contributed by atoms with E-state index in [1.54, 1.807) is 0 Å². The Morgan fingerprint density at radius 3 is 2.40 bits per heavy atom. The van der Waals surface area contributed by atoms with Crippen molar-refractivity contribution in [1.82, 2.24) is 10.2 Å². The molecule has 0 aromatic carbocycles. The molecule has 0 radical (unpaired) electrons. The Bertz CT molecular complexity index is 153. The van der Waals surface area contributed by atoms with Crippen molar-refractivity contribution in [2.75, 3.05) is 19.6 Å². The summed E-state index contributed by atoms with van der Waals surface area (Å²) in [6.45, 7) is 10.7. The van der Waals surface area contributed by atoms with Crippen molar-refractivity contribution in [2.45, 2.75) is 65.0 Å². The van der Waals surface area contributed by atoms with E-state index >= 15 is 0 Å². The molecule has 1 N–H and O–H groups in total. The first kappa shape index (κ1) is 13.0. The molecule has 2 nitrogen and oxygen atoms in total. The lowest BCUT2D eigenvalue weighted by atomic mass is 10.0. The average Bonchev–Trinajstić information content (AvgIpc) is 2.27. The van der Waals surface area contributed by atoms with Crippen LogP contribution in [-0.4, -0.2) is 36.6 Å². The molecule has 0 amide bonds. The predicted octanol–water partition coefficient (Wildman–Crippen LogP) is 2.64. The molecule has 0 aromatic rings. The molecule has 0 bridgehead atoms. The molecule has 2 unspecified atom stereocenters. The molecule has 0 spiro atoms. The molecule has 2 heteroatoms. The highest BCUT2D eigenvalue weighted by Crippen LogP contribution is 2.14. The van der Waals surface area contributed by atoms with Crippen LogP contribution in [-0.2, 0) is 0 Å². The first-order valence-electron chi connectivity index (χ1n) is 6.71. The summed E-state index contributed by atoms with van der Waals surface area (Å²) in [5.41, 5.74) is 0. The largest absolute Gasteiger partial charge is 0.314 e. The summed E-state index contributed by atoms with van der Waals surface area (Å²) in [6.07, 6.45) is 6.78. The Balaban J connectivity index is 2.17. The van der Waals surface area contributed by atoms with Crippen LogP contribution in [0, 0.1) is 0 Å². The van der Waals surface area contributed by atoms with Gasteiger partial charge in [0.25, 0.3) is 0 Å². The van der Waals surface area contributed by atoms with Crippen LogP contribution < -0.4 is 5.32 Å². The van der Waals surface area contributed by atoms with Crippen molar-refractivity contribution in [2.24, 2.45) is 0 Å². The van der Waals surface area contributed by atoms with Crippen LogP contribution in [0.25, 0.3) is 0 Å². The molecule has 0 aromatic heterocycles. The molecule has 1 heterocycles. The van der Waals surface area contributed by atoms with Crippen LogP contribution >= 0.6 is 0 Å². The van der Waals surface area contributed by atoms with Crippen molar-refractivity contribution < 1.29 is 0 Å². The number of nitrogens with one attached hydrogen (secondary N) is 1. The lowest BCUT2D eigenvalue weighted by molar-refractivity contribution is 0.158. The maximum atomic E-state index is 3.58. The molecular formula is C13H28N2. The third-order valence-corrected chi connectivity index (χ3v) is 3.45. The number of rotatable bonds is 6. The van der Waals surface area contributed by atoms with Gasteiger partial charge in [0.05, 0.1) is 0 Å². The second-order valence-corrected chi connectivity index (χ2v) is 5.04. The predicted molar refractivity (Wildman–Crippen MR) is 67.3 cm³/mol. The minimum atomic E-state index is 0.668. The summed E-state index contributed by atoms with van der Waals surface area (Å²) in [5.74, 6) is 0. The molecule has 15 heavy (non-hydrogen) atoms. The summed E-state index contributed by atoms with van der Waals surface area (Å²) in [4.78, 5) is 2.66. The smallest absolute Gasteiger partial charge is 0.00816 e. The van der Waals surface area contributed by atoms with Gasteiger partial charge in [-0.25, -0.2) is 0 Å². The Hall–Kier alpha value is -0.0800. The van der Waals surface area contributed by atoms with Gasteiger partial charge in [0.1, 0.15) is 0 Å². The maximum Gasteiger partial charge on any atom is 0.00816 e. The quantitative estimate of drug-likeness (QED) is 0.728. The fourth-order valence-corrected chi connectivity index (χ4v) is 2.49. The molecule has 1 aliphatic rings. The summed E-state index contributed by atoms with van der Waals surface area (Å²) in [6, 6.07) is 1.42. The van der Waals surface area contributed by atoms with Crippen LogP contribution in [0.1, 0.15) is 52.9 Å². The number of nitrogens with zero attached hydrogens (tertiary/aromatic N) is 1. The van der Waals surface area contributed by atoms with E-state index in [1.807, 2.05) is 0 Å². The monoisotopic (exact) mass is 212 g/mol. The second kappa shape index (κ2) is 7.24. The van der Waals surface area contributed by atoms with Crippen LogP contribution in [0.2, 0.25) is 0 Å². The van der Waals surface area contributed by atoms with Gasteiger partial charge in [-0.05, 0) is 59.2 Å². The van der Waals surface area contributed by atoms with Gasteiger partial charge in [-0.3, -0.25) is 0 Å². The highest BCUT2D eigenvalue weighted by Gasteiger charge is 2.18. The molecule has 1 aliphatic heterocycles. The topological polar surface area (TPSA) is 15.3 Å². The Kier molecular flexibility index (Phi) is 6.26. The number of piperidine rings is 1. The van der Waals surface area contributed by atoms with Crippen molar-refractivity contribution >= 4 is 0 Å². The van der Waals surface area contributed by atoms with Gasteiger partial charge in [-0.1, -0.05) is 13.3 Å². The number of likely N-dealkylation sites (tertiary alicyclic amines) is 1. The summed E-state index contributed by atoms with van der Waals surface area (Å²) in [7, 11) is 0. The maximum absolute atomic E-state index is 3.58. The molecule has 0 aliphatic carbocycles. The van der Waals surface area contributed by atoms with E-state index in [4.69, 9.17) is 0 Å². The van der Waals surface area contributed by atoms with Crippen molar-refractivity contribution in [1.29, 1.82) is 0 Å². The highest BCUT2D eigenvalue weighted by molar-refractivity contribution is 4.75. The van der Waals surface area contributed by atoms with E-state index < -0.39 is 0 Å². The van der Waals surface area contributed by atoms with Crippen molar-refractivity contribution in [3.8, 4) is 0 Å². The van der Waals surface area contributed by atoms with Gasteiger partial charge >= 0.3 is 0 Å². The third-order valence-electron chi connectivity index (χ3n) is 3.45. The van der Waals surface area contributed by atoms with Crippen molar-refractivity contribution in [3.63, 3.8) is 0 Å². The molecule has 1 fully saturated rings. The molecule has 0 saturated carbocycles. The zero-order chi connectivity index (χ0) is 11.1. The highest BCUT2D eigenvalue weighted by atomic mass is 15.2. The molecular weight excluding hydrogens is 184 g/mol. The van der Waals surface area contributed by atoms with E-state index in [0.29, 0.717) is 6.04 Å². The zero-order valence-electron chi connectivity index (χ0n) is 10.8. The molecule has 90 valence electrons. The normalized spacial score (nSPS) is 22.6. The first-order valence-corrected chi connectivity index (χ1v) is 6.71. The van der Waals surface area contributed by atoms with E-state index in [2.05, 4.69) is 31.0 Å². The standard InChI is InChI=1S/C13H28N2/c1-4-8-14-12(2)11-13(3)15-9-6-5-7-10-15/h12-14H,4-11H2,1-3H3. The Morgan fingerprint density at radius 2 is 1.80 bits per heavy atom. The Morgan fingerprint density at radius 1 is 1.13 bits per heavy atom. The van der Waals surface area contributed by atoms with Crippen LogP contribution in [0.4, 0.5) is 0 Å². The van der Waals surface area contributed by atoms with E-state index in [0.717, 1.165) is 12.6 Å². The molecule has 1 saturated heterocycles. The van der Waals surface area contributed by atoms with Gasteiger partial charge in [0.2, 0.25) is 0 Å². The molecule has 1 rings (SSSR count). The van der Waals surface area contributed by atoms with Gasteiger partial charge in [0, 0.05) is 12.1 Å². The first-order chi connectivity index (χ1) is 7.24.